The van der Waals surface area contributed by atoms with Crippen molar-refractivity contribution < 1.29 is 18.8 Å². The summed E-state index contributed by atoms with van der Waals surface area (Å²) < 4.78 is 10.9. The molecule has 28 heavy (non-hydrogen) atoms. The summed E-state index contributed by atoms with van der Waals surface area (Å²) in [5, 5.41) is 7.25. The number of hydrogen-bond acceptors (Lipinski definition) is 6. The van der Waals surface area contributed by atoms with E-state index in [0.29, 0.717) is 38.0 Å². The molecule has 0 aromatic carbocycles. The zero-order chi connectivity index (χ0) is 19.9. The molecule has 3 atom stereocenters. The Morgan fingerprint density at radius 3 is 2.68 bits per heavy atom. The van der Waals surface area contributed by atoms with E-state index in [-0.39, 0.29) is 41.0 Å². The van der Waals surface area contributed by atoms with Gasteiger partial charge in [-0.1, -0.05) is 19.0 Å². The van der Waals surface area contributed by atoms with Crippen LogP contribution in [-0.4, -0.2) is 59.2 Å². The third kappa shape index (κ3) is 3.43. The average molecular weight is 390 g/mol. The average Bonchev–Trinajstić information content (AvgIpc) is 3.34. The lowest BCUT2D eigenvalue weighted by atomic mass is 9.80. The lowest BCUT2D eigenvalue weighted by Gasteiger charge is -2.27. The van der Waals surface area contributed by atoms with Crippen LogP contribution in [0.2, 0.25) is 0 Å². The Morgan fingerprint density at radius 1 is 1.29 bits per heavy atom. The van der Waals surface area contributed by atoms with Gasteiger partial charge in [-0.05, 0) is 38.5 Å². The molecule has 3 aliphatic rings. The quantitative estimate of drug-likeness (QED) is 0.835. The maximum absolute atomic E-state index is 12.7. The van der Waals surface area contributed by atoms with Crippen molar-refractivity contribution in [1.29, 1.82) is 0 Å². The SMILES string of the molecule is Cc1noc([C@]23C[C@H](NC(=O)C4CCOCC4)C[C@H]2CN(C(=O)C(C)C)C3)n1. The summed E-state index contributed by atoms with van der Waals surface area (Å²) in [6, 6.07) is 0.0730. The van der Waals surface area contributed by atoms with Crippen molar-refractivity contribution in [3.05, 3.63) is 11.7 Å². The van der Waals surface area contributed by atoms with Gasteiger partial charge in [0.05, 0.1) is 5.41 Å². The maximum Gasteiger partial charge on any atom is 0.235 e. The number of amides is 2. The molecule has 2 saturated heterocycles. The van der Waals surface area contributed by atoms with Gasteiger partial charge in [0.15, 0.2) is 5.82 Å². The molecule has 1 saturated carbocycles. The molecule has 8 heteroatoms. The van der Waals surface area contributed by atoms with Crippen LogP contribution in [0.3, 0.4) is 0 Å². The minimum atomic E-state index is -0.362. The van der Waals surface area contributed by atoms with Gasteiger partial charge >= 0.3 is 0 Å². The fourth-order valence-electron chi connectivity index (χ4n) is 5.12. The molecule has 1 aromatic rings. The predicted molar refractivity (Wildman–Crippen MR) is 100 cm³/mol. The minimum Gasteiger partial charge on any atom is -0.381 e. The third-order valence-electron chi connectivity index (χ3n) is 6.57. The van der Waals surface area contributed by atoms with Crippen LogP contribution < -0.4 is 5.32 Å². The van der Waals surface area contributed by atoms with E-state index in [4.69, 9.17) is 9.26 Å². The van der Waals surface area contributed by atoms with E-state index in [9.17, 15) is 9.59 Å². The third-order valence-corrected chi connectivity index (χ3v) is 6.57. The zero-order valence-corrected chi connectivity index (χ0v) is 16.9. The van der Waals surface area contributed by atoms with E-state index in [1.165, 1.54) is 0 Å². The standard InChI is InChI=1S/C20H30N4O4/c1-12(2)18(26)24-10-15-8-16(22-17(25)14-4-6-27-7-5-14)9-20(15,11-24)19-21-13(3)23-28-19/h12,14-16H,4-11H2,1-3H3,(H,22,25)/t15-,16+,20-/m0/s1. The van der Waals surface area contributed by atoms with E-state index < -0.39 is 0 Å². The summed E-state index contributed by atoms with van der Waals surface area (Å²) in [6.07, 6.45) is 3.13. The summed E-state index contributed by atoms with van der Waals surface area (Å²) in [5.41, 5.74) is -0.362. The first-order valence-corrected chi connectivity index (χ1v) is 10.4. The number of carbonyl (C=O) groups excluding carboxylic acids is 2. The lowest BCUT2D eigenvalue weighted by molar-refractivity contribution is -0.134. The van der Waals surface area contributed by atoms with Gasteiger partial charge in [0, 0.05) is 44.2 Å². The van der Waals surface area contributed by atoms with E-state index in [1.807, 2.05) is 25.7 Å². The Bertz CT molecular complexity index is 742. The summed E-state index contributed by atoms with van der Waals surface area (Å²) >= 11 is 0. The second-order valence-electron chi connectivity index (χ2n) is 8.91. The van der Waals surface area contributed by atoms with Gasteiger partial charge < -0.3 is 19.5 Å². The summed E-state index contributed by atoms with van der Waals surface area (Å²) in [4.78, 5) is 31.8. The Morgan fingerprint density at radius 2 is 2.04 bits per heavy atom. The molecule has 0 radical (unpaired) electrons. The molecular weight excluding hydrogens is 360 g/mol. The molecular formula is C20H30N4O4. The van der Waals surface area contributed by atoms with E-state index in [1.54, 1.807) is 0 Å². The Hall–Kier alpha value is -1.96. The van der Waals surface area contributed by atoms with Gasteiger partial charge in [0.1, 0.15) is 0 Å². The maximum atomic E-state index is 12.7. The summed E-state index contributed by atoms with van der Waals surface area (Å²) in [7, 11) is 0. The number of nitrogens with one attached hydrogen (secondary N) is 1. The molecule has 2 amide bonds. The van der Waals surface area contributed by atoms with Crippen molar-refractivity contribution in [3.8, 4) is 0 Å². The van der Waals surface area contributed by atoms with Gasteiger partial charge in [0.25, 0.3) is 0 Å². The molecule has 0 bridgehead atoms. The van der Waals surface area contributed by atoms with Crippen LogP contribution in [0.1, 0.15) is 51.2 Å². The Kier molecular flexibility index (Phi) is 5.16. The highest BCUT2D eigenvalue weighted by Crippen LogP contribution is 2.50. The fraction of sp³-hybridized carbons (Fsp3) is 0.800. The van der Waals surface area contributed by atoms with E-state index >= 15 is 0 Å². The topological polar surface area (TPSA) is 97.6 Å². The molecule has 8 nitrogen and oxygen atoms in total. The van der Waals surface area contributed by atoms with Gasteiger partial charge in [-0.2, -0.15) is 4.98 Å². The molecule has 0 spiro atoms. The number of ether oxygens (including phenoxy) is 1. The molecule has 1 aliphatic carbocycles. The number of aryl methyl sites for hydroxylation is 1. The Labute approximate surface area is 165 Å². The number of aromatic nitrogens is 2. The van der Waals surface area contributed by atoms with Gasteiger partial charge in [-0.25, -0.2) is 0 Å². The first kappa shape index (κ1) is 19.4. The normalized spacial score (nSPS) is 30.6. The molecule has 0 unspecified atom stereocenters. The fourth-order valence-corrected chi connectivity index (χ4v) is 5.12. The van der Waals surface area contributed by atoms with Crippen molar-refractivity contribution in [3.63, 3.8) is 0 Å². The molecule has 4 rings (SSSR count). The highest BCUT2D eigenvalue weighted by molar-refractivity contribution is 5.79. The number of carbonyl (C=O) groups is 2. The van der Waals surface area contributed by atoms with Crippen LogP contribution in [-0.2, 0) is 19.7 Å². The highest BCUT2D eigenvalue weighted by atomic mass is 16.5. The number of nitrogens with zero attached hydrogens (tertiary/aromatic N) is 3. The predicted octanol–water partition coefficient (Wildman–Crippen LogP) is 1.44. The van der Waals surface area contributed by atoms with Crippen LogP contribution in [0.15, 0.2) is 4.52 Å². The smallest absolute Gasteiger partial charge is 0.235 e. The molecule has 1 N–H and O–H groups in total. The number of rotatable bonds is 4. The largest absolute Gasteiger partial charge is 0.381 e. The van der Waals surface area contributed by atoms with Crippen molar-refractivity contribution in [2.24, 2.45) is 17.8 Å². The second-order valence-corrected chi connectivity index (χ2v) is 8.91. The zero-order valence-electron chi connectivity index (χ0n) is 16.9. The van der Waals surface area contributed by atoms with Gasteiger partial charge in [0.2, 0.25) is 17.7 Å². The molecule has 154 valence electrons. The number of likely N-dealkylation sites (tertiary alicyclic amines) is 1. The van der Waals surface area contributed by atoms with E-state index in [0.717, 1.165) is 25.7 Å². The van der Waals surface area contributed by atoms with Crippen molar-refractivity contribution in [2.75, 3.05) is 26.3 Å². The highest BCUT2D eigenvalue weighted by Gasteiger charge is 2.58. The molecule has 2 aliphatic heterocycles. The van der Waals surface area contributed by atoms with Gasteiger partial charge in [-0.3, -0.25) is 9.59 Å². The van der Waals surface area contributed by atoms with Crippen LogP contribution >= 0.6 is 0 Å². The summed E-state index contributed by atoms with van der Waals surface area (Å²) in [6.45, 7) is 8.24. The molecule has 3 fully saturated rings. The molecule has 3 heterocycles. The minimum absolute atomic E-state index is 0.0369. The van der Waals surface area contributed by atoms with Gasteiger partial charge in [-0.15, -0.1) is 0 Å². The van der Waals surface area contributed by atoms with Crippen molar-refractivity contribution in [2.45, 2.75) is 57.9 Å². The lowest BCUT2D eigenvalue weighted by Crippen LogP contribution is -2.42. The second kappa shape index (κ2) is 7.46. The van der Waals surface area contributed by atoms with Crippen LogP contribution in [0, 0.1) is 24.7 Å². The van der Waals surface area contributed by atoms with Crippen LogP contribution in [0.5, 0.6) is 0 Å². The first-order chi connectivity index (χ1) is 13.4. The molecule has 1 aromatic heterocycles. The number of fused-ring (bicyclic) bond motifs is 1. The van der Waals surface area contributed by atoms with E-state index in [2.05, 4.69) is 15.5 Å². The number of hydrogen-bond donors (Lipinski definition) is 1. The first-order valence-electron chi connectivity index (χ1n) is 10.4. The van der Waals surface area contributed by atoms with Crippen molar-refractivity contribution >= 4 is 11.8 Å². The van der Waals surface area contributed by atoms with Crippen LogP contribution in [0.4, 0.5) is 0 Å². The monoisotopic (exact) mass is 390 g/mol. The van der Waals surface area contributed by atoms with Crippen molar-refractivity contribution in [1.82, 2.24) is 20.4 Å². The van der Waals surface area contributed by atoms with Crippen LogP contribution in [0.25, 0.3) is 0 Å². The Balaban J connectivity index is 1.51. The summed E-state index contributed by atoms with van der Waals surface area (Å²) in [5.74, 6) is 1.71.